The van der Waals surface area contributed by atoms with Crippen molar-refractivity contribution in [1.82, 2.24) is 0 Å². The second kappa shape index (κ2) is 10.9. The van der Waals surface area contributed by atoms with Gasteiger partial charge in [-0.1, -0.05) is 12.1 Å². The van der Waals surface area contributed by atoms with E-state index in [9.17, 15) is 14.4 Å². The molecule has 1 aliphatic heterocycles. The van der Waals surface area contributed by atoms with E-state index < -0.39 is 5.92 Å². The number of hydrogen-bond donors (Lipinski definition) is 1. The van der Waals surface area contributed by atoms with Crippen LogP contribution in [-0.4, -0.2) is 30.7 Å². The molecule has 0 spiro atoms. The average molecular weight is 516 g/mol. The van der Waals surface area contributed by atoms with E-state index >= 15 is 0 Å². The van der Waals surface area contributed by atoms with Crippen LogP contribution in [0.25, 0.3) is 0 Å². The maximum absolute atomic E-state index is 13.1. The van der Waals surface area contributed by atoms with Crippen LogP contribution in [0.5, 0.6) is 11.5 Å². The van der Waals surface area contributed by atoms with Crippen molar-refractivity contribution in [3.05, 3.63) is 75.8 Å². The SMILES string of the molecule is CCOc1cc(C2C3=C(CCCC3=O)OC3=C2C(=O)CCC3)ccc1OCC(=O)Nc1ccc(C)c(C)c1. The highest BCUT2D eigenvalue weighted by Crippen LogP contribution is 2.48. The summed E-state index contributed by atoms with van der Waals surface area (Å²) in [7, 11) is 0. The van der Waals surface area contributed by atoms with Crippen molar-refractivity contribution in [3.63, 3.8) is 0 Å². The van der Waals surface area contributed by atoms with Crippen LogP contribution < -0.4 is 14.8 Å². The fourth-order valence-corrected chi connectivity index (χ4v) is 5.40. The Morgan fingerprint density at radius 3 is 2.18 bits per heavy atom. The molecule has 0 unspecified atom stereocenters. The van der Waals surface area contributed by atoms with Gasteiger partial charge in [-0.05, 0) is 74.6 Å². The quantitative estimate of drug-likeness (QED) is 0.498. The second-order valence-corrected chi connectivity index (χ2v) is 10.0. The number of aryl methyl sites for hydroxylation is 2. The topological polar surface area (TPSA) is 90.9 Å². The van der Waals surface area contributed by atoms with Crippen molar-refractivity contribution in [3.8, 4) is 11.5 Å². The van der Waals surface area contributed by atoms with Crippen molar-refractivity contribution in [2.75, 3.05) is 18.5 Å². The minimum absolute atomic E-state index is 0.0301. The maximum Gasteiger partial charge on any atom is 0.262 e. The molecule has 1 N–H and O–H groups in total. The first kappa shape index (κ1) is 25.8. The Labute approximate surface area is 222 Å². The Morgan fingerprint density at radius 2 is 1.55 bits per heavy atom. The van der Waals surface area contributed by atoms with E-state index in [4.69, 9.17) is 14.2 Å². The van der Waals surface area contributed by atoms with Gasteiger partial charge in [0.25, 0.3) is 5.91 Å². The lowest BCUT2D eigenvalue weighted by Crippen LogP contribution is -2.30. The van der Waals surface area contributed by atoms with Gasteiger partial charge in [-0.2, -0.15) is 0 Å². The molecule has 7 heteroatoms. The zero-order valence-electron chi connectivity index (χ0n) is 22.1. The molecule has 0 radical (unpaired) electrons. The molecule has 0 saturated heterocycles. The molecule has 2 aromatic rings. The first-order chi connectivity index (χ1) is 18.4. The summed E-state index contributed by atoms with van der Waals surface area (Å²) in [6.45, 7) is 6.09. The molecule has 198 valence electrons. The van der Waals surface area contributed by atoms with E-state index in [1.54, 1.807) is 6.07 Å². The van der Waals surface area contributed by atoms with Crippen LogP contribution in [0, 0.1) is 13.8 Å². The van der Waals surface area contributed by atoms with Gasteiger partial charge in [0.05, 0.1) is 6.61 Å². The lowest BCUT2D eigenvalue weighted by atomic mass is 9.73. The van der Waals surface area contributed by atoms with E-state index in [1.807, 2.05) is 51.1 Å². The van der Waals surface area contributed by atoms with E-state index in [-0.39, 0.29) is 24.1 Å². The predicted molar refractivity (Wildman–Crippen MR) is 143 cm³/mol. The molecule has 0 saturated carbocycles. The highest BCUT2D eigenvalue weighted by Gasteiger charge is 2.42. The molecule has 0 fully saturated rings. The highest BCUT2D eigenvalue weighted by atomic mass is 16.5. The third kappa shape index (κ3) is 5.10. The molecular weight excluding hydrogens is 482 g/mol. The van der Waals surface area contributed by atoms with Gasteiger partial charge in [-0.15, -0.1) is 0 Å². The number of carbonyl (C=O) groups is 3. The molecule has 0 bridgehead atoms. The lowest BCUT2D eigenvalue weighted by molar-refractivity contribution is -0.119. The summed E-state index contributed by atoms with van der Waals surface area (Å²) in [6.07, 6.45) is 3.79. The summed E-state index contributed by atoms with van der Waals surface area (Å²) < 4.78 is 17.9. The summed E-state index contributed by atoms with van der Waals surface area (Å²) in [5.41, 5.74) is 4.93. The molecule has 0 aromatic heterocycles. The van der Waals surface area contributed by atoms with Gasteiger partial charge in [0.2, 0.25) is 0 Å². The summed E-state index contributed by atoms with van der Waals surface area (Å²) in [4.78, 5) is 38.7. The minimum Gasteiger partial charge on any atom is -0.490 e. The maximum atomic E-state index is 13.1. The number of nitrogens with one attached hydrogen (secondary N) is 1. The average Bonchev–Trinajstić information content (AvgIpc) is 2.89. The van der Waals surface area contributed by atoms with Crippen LogP contribution in [-0.2, 0) is 19.1 Å². The third-order valence-corrected chi connectivity index (χ3v) is 7.39. The summed E-state index contributed by atoms with van der Waals surface area (Å²) in [6, 6.07) is 11.2. The molecule has 1 amide bonds. The zero-order valence-corrected chi connectivity index (χ0v) is 22.1. The highest BCUT2D eigenvalue weighted by molar-refractivity contribution is 6.05. The fourth-order valence-electron chi connectivity index (χ4n) is 5.40. The number of amides is 1. The third-order valence-electron chi connectivity index (χ3n) is 7.39. The summed E-state index contributed by atoms with van der Waals surface area (Å²) in [5.74, 6) is 1.58. The zero-order chi connectivity index (χ0) is 26.8. The van der Waals surface area contributed by atoms with Gasteiger partial charge < -0.3 is 19.5 Å². The number of benzene rings is 2. The Bertz CT molecular complexity index is 1330. The predicted octanol–water partition coefficient (Wildman–Crippen LogP) is 5.85. The molecule has 3 aliphatic rings. The molecule has 0 atom stereocenters. The van der Waals surface area contributed by atoms with Crippen LogP contribution in [0.4, 0.5) is 5.69 Å². The number of ether oxygens (including phenoxy) is 3. The van der Waals surface area contributed by atoms with Crippen LogP contribution in [0.15, 0.2) is 59.1 Å². The van der Waals surface area contributed by atoms with Gasteiger partial charge in [-0.3, -0.25) is 14.4 Å². The number of carbonyl (C=O) groups excluding carboxylic acids is 3. The lowest BCUT2D eigenvalue weighted by Gasteiger charge is -2.36. The van der Waals surface area contributed by atoms with Crippen LogP contribution in [0.2, 0.25) is 0 Å². The van der Waals surface area contributed by atoms with Crippen LogP contribution in [0.1, 0.15) is 68.1 Å². The minimum atomic E-state index is -0.476. The van der Waals surface area contributed by atoms with Gasteiger partial charge in [0.1, 0.15) is 11.5 Å². The number of ketones is 2. The molecule has 5 rings (SSSR count). The Balaban J connectivity index is 1.41. The Morgan fingerprint density at radius 1 is 0.868 bits per heavy atom. The normalized spacial score (nSPS) is 17.6. The van der Waals surface area contributed by atoms with Gasteiger partial charge in [0.15, 0.2) is 29.7 Å². The van der Waals surface area contributed by atoms with Crippen LogP contribution in [0.3, 0.4) is 0 Å². The van der Waals surface area contributed by atoms with Crippen molar-refractivity contribution in [2.24, 2.45) is 0 Å². The number of allylic oxidation sites excluding steroid dienone is 4. The molecule has 7 nitrogen and oxygen atoms in total. The van der Waals surface area contributed by atoms with Crippen molar-refractivity contribution in [1.29, 1.82) is 0 Å². The van der Waals surface area contributed by atoms with E-state index in [0.29, 0.717) is 72.1 Å². The first-order valence-electron chi connectivity index (χ1n) is 13.3. The molecule has 2 aliphatic carbocycles. The number of hydrogen-bond acceptors (Lipinski definition) is 6. The fraction of sp³-hybridized carbons (Fsp3) is 0.387. The van der Waals surface area contributed by atoms with Crippen molar-refractivity contribution >= 4 is 23.2 Å². The van der Waals surface area contributed by atoms with Gasteiger partial charge in [-0.25, -0.2) is 0 Å². The Hall–Kier alpha value is -3.87. The molecule has 2 aromatic carbocycles. The number of rotatable bonds is 7. The van der Waals surface area contributed by atoms with E-state index in [0.717, 1.165) is 29.5 Å². The van der Waals surface area contributed by atoms with Crippen LogP contribution >= 0.6 is 0 Å². The number of Topliss-reactive ketones (excluding diaryl/α,β-unsaturated/α-hetero) is 2. The molecule has 1 heterocycles. The second-order valence-electron chi connectivity index (χ2n) is 10.0. The summed E-state index contributed by atoms with van der Waals surface area (Å²) >= 11 is 0. The monoisotopic (exact) mass is 515 g/mol. The largest absolute Gasteiger partial charge is 0.490 e. The summed E-state index contributed by atoms with van der Waals surface area (Å²) in [5, 5.41) is 2.86. The molecular formula is C31H33NO6. The van der Waals surface area contributed by atoms with Crippen molar-refractivity contribution in [2.45, 2.75) is 65.2 Å². The van der Waals surface area contributed by atoms with E-state index in [2.05, 4.69) is 5.32 Å². The standard InChI is InChI=1S/C31H33NO6/c1-4-36-27-16-20(12-14-24(27)37-17-28(35)32-21-13-11-18(2)19(3)15-21)29-30-22(33)7-5-9-25(30)38-26-10-6-8-23(34)31(26)29/h11-16,29H,4-10,17H2,1-3H3,(H,32,35). The van der Waals surface area contributed by atoms with Gasteiger partial charge in [0, 0.05) is 48.4 Å². The van der Waals surface area contributed by atoms with Crippen molar-refractivity contribution < 1.29 is 28.6 Å². The van der Waals surface area contributed by atoms with E-state index in [1.165, 1.54) is 0 Å². The van der Waals surface area contributed by atoms with Gasteiger partial charge >= 0.3 is 0 Å². The first-order valence-corrected chi connectivity index (χ1v) is 13.3. The number of anilines is 1. The smallest absolute Gasteiger partial charge is 0.262 e. The Kier molecular flexibility index (Phi) is 7.36. The molecule has 38 heavy (non-hydrogen) atoms.